The van der Waals surface area contributed by atoms with Crippen LogP contribution in [0.25, 0.3) is 0 Å². The fourth-order valence-electron chi connectivity index (χ4n) is 4.50. The Morgan fingerprint density at radius 3 is 2.67 bits per heavy atom. The normalized spacial score (nSPS) is 26.3. The minimum absolute atomic E-state index is 0.0855. The fraction of sp³-hybridized carbons (Fsp3) is 0.714. The number of ether oxygens (including phenoxy) is 2. The number of piperidine rings is 1. The molecule has 3 aliphatic rings. The van der Waals surface area contributed by atoms with Gasteiger partial charge >= 0.3 is 0 Å². The number of aliphatic hydroxyl groups is 1. The first kappa shape index (κ1) is 19.1. The van der Waals surface area contributed by atoms with Crippen LogP contribution in [0.2, 0.25) is 0 Å². The molecule has 1 spiro atoms. The molecule has 6 heteroatoms. The molecule has 2 N–H and O–H groups in total. The topological polar surface area (TPSA) is 54.0 Å². The third kappa shape index (κ3) is 4.29. The van der Waals surface area contributed by atoms with Gasteiger partial charge in [-0.25, -0.2) is 4.39 Å². The second kappa shape index (κ2) is 7.32. The van der Waals surface area contributed by atoms with E-state index in [0.717, 1.165) is 57.6 Å². The Balaban J connectivity index is 1.38. The molecule has 1 aromatic carbocycles. The van der Waals surface area contributed by atoms with Gasteiger partial charge < -0.3 is 19.9 Å². The minimum Gasteiger partial charge on any atom is -0.490 e. The molecule has 3 aliphatic heterocycles. The molecule has 0 aliphatic carbocycles. The van der Waals surface area contributed by atoms with Crippen LogP contribution in [0.5, 0.6) is 5.75 Å². The van der Waals surface area contributed by atoms with Gasteiger partial charge in [0.2, 0.25) is 0 Å². The Labute approximate surface area is 160 Å². The average molecular weight is 378 g/mol. The van der Waals surface area contributed by atoms with Crippen molar-refractivity contribution in [2.24, 2.45) is 0 Å². The lowest BCUT2D eigenvalue weighted by Crippen LogP contribution is -2.59. The smallest absolute Gasteiger partial charge is 0.123 e. The van der Waals surface area contributed by atoms with E-state index in [4.69, 9.17) is 9.47 Å². The molecule has 27 heavy (non-hydrogen) atoms. The van der Waals surface area contributed by atoms with E-state index < -0.39 is 5.60 Å². The molecule has 5 nitrogen and oxygen atoms in total. The van der Waals surface area contributed by atoms with E-state index >= 15 is 0 Å². The summed E-state index contributed by atoms with van der Waals surface area (Å²) < 4.78 is 25.8. The monoisotopic (exact) mass is 378 g/mol. The standard InChI is InChI=1S/C21H31FN2O3/c1-20(2,25)14-26-19-4-3-16(22)9-18(19)15-5-7-24(8-6-15)17-10-21(27-11-17)12-23-13-21/h3-4,9,15,17,23,25H,5-8,10-14H2,1-2H3. The molecule has 0 radical (unpaired) electrons. The third-order valence-corrected chi connectivity index (χ3v) is 6.12. The largest absolute Gasteiger partial charge is 0.490 e. The predicted molar refractivity (Wildman–Crippen MR) is 102 cm³/mol. The molecule has 1 aromatic rings. The molecule has 4 rings (SSSR count). The minimum atomic E-state index is -0.913. The van der Waals surface area contributed by atoms with E-state index in [9.17, 15) is 9.50 Å². The summed E-state index contributed by atoms with van der Waals surface area (Å²) in [6, 6.07) is 5.24. The maximum Gasteiger partial charge on any atom is 0.123 e. The number of halogens is 1. The van der Waals surface area contributed by atoms with Crippen LogP contribution >= 0.6 is 0 Å². The molecule has 0 saturated carbocycles. The summed E-state index contributed by atoms with van der Waals surface area (Å²) in [4.78, 5) is 2.54. The van der Waals surface area contributed by atoms with Crippen molar-refractivity contribution >= 4 is 0 Å². The lowest BCUT2D eigenvalue weighted by atomic mass is 9.86. The molecular weight excluding hydrogens is 347 g/mol. The average Bonchev–Trinajstić information content (AvgIpc) is 3.06. The summed E-state index contributed by atoms with van der Waals surface area (Å²) in [6.45, 7) is 8.40. The highest BCUT2D eigenvalue weighted by Crippen LogP contribution is 2.38. The maximum atomic E-state index is 13.9. The summed E-state index contributed by atoms with van der Waals surface area (Å²) >= 11 is 0. The van der Waals surface area contributed by atoms with Crippen molar-refractivity contribution in [2.75, 3.05) is 39.4 Å². The zero-order chi connectivity index (χ0) is 19.1. The molecule has 0 bridgehead atoms. The highest BCUT2D eigenvalue weighted by atomic mass is 19.1. The molecule has 150 valence electrons. The number of hydrogen-bond acceptors (Lipinski definition) is 5. The fourth-order valence-corrected chi connectivity index (χ4v) is 4.50. The summed E-state index contributed by atoms with van der Waals surface area (Å²) in [5.74, 6) is 0.753. The van der Waals surface area contributed by atoms with Crippen molar-refractivity contribution in [3.63, 3.8) is 0 Å². The van der Waals surface area contributed by atoms with Gasteiger partial charge in [0.1, 0.15) is 18.2 Å². The Bertz CT molecular complexity index is 664. The number of benzene rings is 1. The Morgan fingerprint density at radius 1 is 1.33 bits per heavy atom. The SMILES string of the molecule is CC(C)(O)COc1ccc(F)cc1C1CCN(C2COC3(CNC3)C2)CC1. The number of rotatable bonds is 5. The van der Waals surface area contributed by atoms with Crippen molar-refractivity contribution < 1.29 is 19.0 Å². The van der Waals surface area contributed by atoms with E-state index in [0.29, 0.717) is 11.8 Å². The van der Waals surface area contributed by atoms with Crippen LogP contribution in [-0.4, -0.2) is 66.6 Å². The van der Waals surface area contributed by atoms with Gasteiger partial charge in [-0.1, -0.05) is 0 Å². The molecule has 3 saturated heterocycles. The van der Waals surface area contributed by atoms with Gasteiger partial charge in [0, 0.05) is 24.7 Å². The first-order chi connectivity index (χ1) is 12.8. The van der Waals surface area contributed by atoms with Gasteiger partial charge in [0.05, 0.1) is 17.8 Å². The van der Waals surface area contributed by atoms with Crippen LogP contribution in [-0.2, 0) is 4.74 Å². The molecule has 0 amide bonds. The second-order valence-corrected chi connectivity index (χ2v) is 9.05. The second-order valence-electron chi connectivity index (χ2n) is 9.05. The van der Waals surface area contributed by atoms with Crippen molar-refractivity contribution in [3.05, 3.63) is 29.6 Å². The molecule has 1 unspecified atom stereocenters. The quantitative estimate of drug-likeness (QED) is 0.823. The maximum absolute atomic E-state index is 13.9. The first-order valence-corrected chi connectivity index (χ1v) is 10.1. The zero-order valence-electron chi connectivity index (χ0n) is 16.3. The van der Waals surface area contributed by atoms with Crippen LogP contribution < -0.4 is 10.1 Å². The first-order valence-electron chi connectivity index (χ1n) is 10.1. The molecule has 0 aromatic heterocycles. The highest BCUT2D eigenvalue weighted by molar-refractivity contribution is 5.37. The Kier molecular flexibility index (Phi) is 5.18. The van der Waals surface area contributed by atoms with Gasteiger partial charge in [0.15, 0.2) is 0 Å². The van der Waals surface area contributed by atoms with Gasteiger partial charge in [-0.15, -0.1) is 0 Å². The van der Waals surface area contributed by atoms with Gasteiger partial charge in [-0.3, -0.25) is 4.90 Å². The Morgan fingerprint density at radius 2 is 2.07 bits per heavy atom. The van der Waals surface area contributed by atoms with Crippen LogP contribution in [0.15, 0.2) is 18.2 Å². The predicted octanol–water partition coefficient (Wildman–Crippen LogP) is 2.29. The number of nitrogens with one attached hydrogen (secondary N) is 1. The third-order valence-electron chi connectivity index (χ3n) is 6.12. The van der Waals surface area contributed by atoms with Crippen LogP contribution in [0.4, 0.5) is 4.39 Å². The molecule has 3 heterocycles. The van der Waals surface area contributed by atoms with Crippen molar-refractivity contribution in [3.8, 4) is 5.75 Å². The molecular formula is C21H31FN2O3. The van der Waals surface area contributed by atoms with E-state index in [-0.39, 0.29) is 23.9 Å². The summed E-state index contributed by atoms with van der Waals surface area (Å²) in [5.41, 5.74) is 0.104. The van der Waals surface area contributed by atoms with E-state index in [2.05, 4.69) is 10.2 Å². The molecule has 3 fully saturated rings. The number of hydrogen-bond donors (Lipinski definition) is 2. The van der Waals surface area contributed by atoms with Gasteiger partial charge in [-0.2, -0.15) is 0 Å². The van der Waals surface area contributed by atoms with Crippen molar-refractivity contribution in [1.29, 1.82) is 0 Å². The van der Waals surface area contributed by atoms with E-state index in [1.165, 1.54) is 6.07 Å². The van der Waals surface area contributed by atoms with E-state index in [1.54, 1.807) is 26.0 Å². The van der Waals surface area contributed by atoms with E-state index in [1.807, 2.05) is 0 Å². The van der Waals surface area contributed by atoms with Crippen LogP contribution in [0.3, 0.4) is 0 Å². The number of likely N-dealkylation sites (tertiary alicyclic amines) is 1. The van der Waals surface area contributed by atoms with Gasteiger partial charge in [-0.05, 0) is 70.3 Å². The van der Waals surface area contributed by atoms with Crippen LogP contribution in [0, 0.1) is 5.82 Å². The lowest BCUT2D eigenvalue weighted by Gasteiger charge is -2.40. The zero-order valence-corrected chi connectivity index (χ0v) is 16.3. The van der Waals surface area contributed by atoms with Crippen molar-refractivity contribution in [2.45, 2.75) is 56.3 Å². The molecule has 1 atom stereocenters. The number of nitrogens with zero attached hydrogens (tertiary/aromatic N) is 1. The van der Waals surface area contributed by atoms with Crippen LogP contribution in [0.1, 0.15) is 44.6 Å². The van der Waals surface area contributed by atoms with Crippen molar-refractivity contribution in [1.82, 2.24) is 10.2 Å². The van der Waals surface area contributed by atoms with Gasteiger partial charge in [0.25, 0.3) is 0 Å². The summed E-state index contributed by atoms with van der Waals surface area (Å²) in [6.07, 6.45) is 3.10. The summed E-state index contributed by atoms with van der Waals surface area (Å²) in [7, 11) is 0. The highest BCUT2D eigenvalue weighted by Gasteiger charge is 2.47. The lowest BCUT2D eigenvalue weighted by molar-refractivity contribution is -0.0367. The Hall–Kier alpha value is -1.21. The summed E-state index contributed by atoms with van der Waals surface area (Å²) in [5, 5.41) is 13.3.